The lowest BCUT2D eigenvalue weighted by Crippen LogP contribution is -2.47. The van der Waals surface area contributed by atoms with Crippen LogP contribution in [0.4, 0.5) is 10.4 Å². The lowest BCUT2D eigenvalue weighted by Gasteiger charge is -2.33. The van der Waals surface area contributed by atoms with Crippen LogP contribution in [-0.2, 0) is 9.59 Å². The summed E-state index contributed by atoms with van der Waals surface area (Å²) in [5.41, 5.74) is 0. The largest absolute Gasteiger partial charge is 0.457 e. The number of oxazole rings is 1. The molecule has 2 atom stereocenters. The summed E-state index contributed by atoms with van der Waals surface area (Å²) in [5.74, 6) is 0. The second-order valence-electron chi connectivity index (χ2n) is 4.34. The maximum Gasteiger partial charge on any atom is 0.373 e. The Bertz CT molecular complexity index is 589. The standard InChI is InChI=1S/C12H13FN4O2.CO2/c13-9-8-17(12-16-5-7-18-12)6-2-10(9)19-11-14-3-1-4-15-11;2-1-3/h1,3-5,7,9-10H,2,6,8H2;/t9-,10+;/m1./s1. The molecule has 9 heteroatoms. The number of piperidine rings is 1. The second-order valence-corrected chi connectivity index (χ2v) is 4.34. The van der Waals surface area contributed by atoms with Gasteiger partial charge >= 0.3 is 12.2 Å². The summed E-state index contributed by atoms with van der Waals surface area (Å²) in [6.45, 7) is 0.816. The summed E-state index contributed by atoms with van der Waals surface area (Å²) in [7, 11) is 0. The molecule has 2 aromatic heterocycles. The number of hydrogen-bond donors (Lipinski definition) is 0. The number of anilines is 1. The highest BCUT2D eigenvalue weighted by molar-refractivity contribution is 5.26. The predicted octanol–water partition coefficient (Wildman–Crippen LogP) is 0.877. The van der Waals surface area contributed by atoms with Gasteiger partial charge < -0.3 is 14.1 Å². The van der Waals surface area contributed by atoms with Gasteiger partial charge in [-0.1, -0.05) is 0 Å². The third-order valence-electron chi connectivity index (χ3n) is 2.97. The number of halogens is 1. The van der Waals surface area contributed by atoms with E-state index in [1.165, 1.54) is 6.26 Å². The van der Waals surface area contributed by atoms with Crippen LogP contribution in [0, 0.1) is 0 Å². The molecule has 0 amide bonds. The molecular weight excluding hydrogens is 295 g/mol. The number of rotatable bonds is 3. The monoisotopic (exact) mass is 308 g/mol. The quantitative estimate of drug-likeness (QED) is 0.824. The average Bonchev–Trinajstić information content (AvgIpc) is 3.05. The zero-order valence-corrected chi connectivity index (χ0v) is 11.5. The fourth-order valence-corrected chi connectivity index (χ4v) is 2.04. The first-order valence-corrected chi connectivity index (χ1v) is 6.46. The van der Waals surface area contributed by atoms with E-state index in [4.69, 9.17) is 18.7 Å². The topological polar surface area (TPSA) is 98.4 Å². The molecule has 116 valence electrons. The summed E-state index contributed by atoms with van der Waals surface area (Å²) >= 11 is 0. The molecule has 0 N–H and O–H groups in total. The van der Waals surface area contributed by atoms with Crippen LogP contribution in [0.2, 0.25) is 0 Å². The number of alkyl halides is 1. The van der Waals surface area contributed by atoms with E-state index >= 15 is 0 Å². The van der Waals surface area contributed by atoms with Crippen molar-refractivity contribution in [2.75, 3.05) is 18.0 Å². The van der Waals surface area contributed by atoms with Crippen LogP contribution >= 0.6 is 0 Å². The van der Waals surface area contributed by atoms with E-state index in [2.05, 4.69) is 15.0 Å². The maximum absolute atomic E-state index is 14.1. The van der Waals surface area contributed by atoms with E-state index < -0.39 is 12.3 Å². The molecule has 1 fully saturated rings. The number of carbonyl (C=O) groups excluding carboxylic acids is 2. The molecule has 2 aromatic rings. The molecule has 0 unspecified atom stereocenters. The van der Waals surface area contributed by atoms with Crippen molar-refractivity contribution in [1.82, 2.24) is 15.0 Å². The number of hydrogen-bond acceptors (Lipinski definition) is 8. The summed E-state index contributed by atoms with van der Waals surface area (Å²) in [5, 5.41) is 0. The van der Waals surface area contributed by atoms with Crippen molar-refractivity contribution in [3.63, 3.8) is 0 Å². The highest BCUT2D eigenvalue weighted by atomic mass is 19.1. The molecule has 0 aromatic carbocycles. The molecule has 0 radical (unpaired) electrons. The molecule has 8 nitrogen and oxygen atoms in total. The van der Waals surface area contributed by atoms with Crippen LogP contribution < -0.4 is 9.64 Å². The summed E-state index contributed by atoms with van der Waals surface area (Å²) < 4.78 is 24.7. The van der Waals surface area contributed by atoms with Gasteiger partial charge in [-0.2, -0.15) is 9.59 Å². The third-order valence-corrected chi connectivity index (χ3v) is 2.97. The highest BCUT2D eigenvalue weighted by Crippen LogP contribution is 2.22. The Labute approximate surface area is 124 Å². The fraction of sp³-hybridized carbons (Fsp3) is 0.385. The van der Waals surface area contributed by atoms with Crippen LogP contribution in [0.5, 0.6) is 6.01 Å². The van der Waals surface area contributed by atoms with Crippen LogP contribution in [0.3, 0.4) is 0 Å². The van der Waals surface area contributed by atoms with Gasteiger partial charge in [0.1, 0.15) is 12.4 Å². The van der Waals surface area contributed by atoms with Gasteiger partial charge in [-0.25, -0.2) is 19.3 Å². The van der Waals surface area contributed by atoms with Gasteiger partial charge in [-0.3, -0.25) is 0 Å². The van der Waals surface area contributed by atoms with Crippen molar-refractivity contribution >= 4 is 12.2 Å². The Morgan fingerprint density at radius 3 is 2.59 bits per heavy atom. The van der Waals surface area contributed by atoms with Crippen molar-refractivity contribution in [3.05, 3.63) is 30.9 Å². The Hall–Kier alpha value is -2.80. The Balaban J connectivity index is 0.000000545. The molecule has 0 spiro atoms. The van der Waals surface area contributed by atoms with Gasteiger partial charge in [-0.05, 0) is 6.07 Å². The number of ether oxygens (including phenoxy) is 1. The van der Waals surface area contributed by atoms with E-state index in [0.29, 0.717) is 19.0 Å². The number of aromatic nitrogens is 3. The molecule has 1 aliphatic heterocycles. The second kappa shape index (κ2) is 7.84. The molecule has 0 aliphatic carbocycles. The van der Waals surface area contributed by atoms with Crippen LogP contribution in [-0.4, -0.2) is 46.5 Å². The lowest BCUT2D eigenvalue weighted by molar-refractivity contribution is -0.191. The van der Waals surface area contributed by atoms with E-state index in [1.807, 2.05) is 0 Å². The normalized spacial score (nSPS) is 20.5. The summed E-state index contributed by atoms with van der Waals surface area (Å²) in [6, 6.07) is 2.34. The van der Waals surface area contributed by atoms with Gasteiger partial charge in [0.2, 0.25) is 0 Å². The van der Waals surface area contributed by atoms with Gasteiger partial charge in [0, 0.05) is 25.4 Å². The molecule has 3 heterocycles. The lowest BCUT2D eigenvalue weighted by atomic mass is 10.1. The van der Waals surface area contributed by atoms with Gasteiger partial charge in [0.15, 0.2) is 6.17 Å². The van der Waals surface area contributed by atoms with Crippen molar-refractivity contribution in [2.45, 2.75) is 18.7 Å². The molecule has 1 saturated heterocycles. The van der Waals surface area contributed by atoms with Gasteiger partial charge in [0.25, 0.3) is 6.01 Å². The molecule has 22 heavy (non-hydrogen) atoms. The molecule has 1 aliphatic rings. The summed E-state index contributed by atoms with van der Waals surface area (Å²) in [4.78, 5) is 29.9. The van der Waals surface area contributed by atoms with E-state index in [9.17, 15) is 4.39 Å². The minimum absolute atomic E-state index is 0.192. The minimum atomic E-state index is -1.13. The van der Waals surface area contributed by atoms with Crippen molar-refractivity contribution in [1.29, 1.82) is 0 Å². The smallest absolute Gasteiger partial charge is 0.373 e. The third kappa shape index (κ3) is 4.10. The summed E-state index contributed by atoms with van der Waals surface area (Å²) in [6.07, 6.45) is 5.26. The van der Waals surface area contributed by atoms with Crippen LogP contribution in [0.1, 0.15) is 6.42 Å². The fourth-order valence-electron chi connectivity index (χ4n) is 2.04. The van der Waals surface area contributed by atoms with E-state index in [0.717, 1.165) is 0 Å². The molecule has 3 rings (SSSR count). The van der Waals surface area contributed by atoms with E-state index in [-0.39, 0.29) is 18.7 Å². The average molecular weight is 308 g/mol. The Morgan fingerprint density at radius 2 is 2.00 bits per heavy atom. The van der Waals surface area contributed by atoms with Crippen LogP contribution in [0.25, 0.3) is 0 Å². The first-order valence-electron chi connectivity index (χ1n) is 6.46. The molecule has 0 saturated carbocycles. The first-order chi connectivity index (χ1) is 10.7. The minimum Gasteiger partial charge on any atom is -0.457 e. The highest BCUT2D eigenvalue weighted by Gasteiger charge is 2.32. The zero-order valence-electron chi connectivity index (χ0n) is 11.5. The number of nitrogens with zero attached hydrogens (tertiary/aromatic N) is 4. The van der Waals surface area contributed by atoms with Gasteiger partial charge in [0.05, 0.1) is 12.7 Å². The zero-order chi connectivity index (χ0) is 15.8. The molecular formula is C13H13FN4O4. The maximum atomic E-state index is 14.1. The SMILES string of the molecule is F[C@@H]1CN(c2ncco2)CC[C@@H]1Oc1ncccn1.O=C=O. The Kier molecular flexibility index (Phi) is 5.56. The van der Waals surface area contributed by atoms with Crippen molar-refractivity contribution in [3.8, 4) is 6.01 Å². The van der Waals surface area contributed by atoms with E-state index in [1.54, 1.807) is 29.6 Å². The molecule has 0 bridgehead atoms. The van der Waals surface area contributed by atoms with Crippen molar-refractivity contribution in [2.24, 2.45) is 0 Å². The van der Waals surface area contributed by atoms with Crippen molar-refractivity contribution < 1.29 is 23.1 Å². The Morgan fingerprint density at radius 1 is 1.27 bits per heavy atom. The van der Waals surface area contributed by atoms with Gasteiger partial charge in [-0.15, -0.1) is 0 Å². The van der Waals surface area contributed by atoms with Crippen LogP contribution in [0.15, 0.2) is 35.3 Å². The predicted molar refractivity (Wildman–Crippen MR) is 69.7 cm³/mol. The first kappa shape index (κ1) is 15.6.